The smallest absolute Gasteiger partial charge is 0.246 e. The highest BCUT2D eigenvalue weighted by Crippen LogP contribution is 2.27. The van der Waals surface area contributed by atoms with E-state index in [-0.39, 0.29) is 36.4 Å². The monoisotopic (exact) mass is 494 g/mol. The Bertz CT molecular complexity index is 854. The number of guanidine groups is 1. The zero-order valence-corrected chi connectivity index (χ0v) is 18.8. The van der Waals surface area contributed by atoms with E-state index in [9.17, 15) is 4.79 Å². The molecule has 1 amide bonds. The molecule has 1 aliphatic rings. The number of methoxy groups -OCH3 is 1. The summed E-state index contributed by atoms with van der Waals surface area (Å²) in [6.07, 6.45) is 0.905. The van der Waals surface area contributed by atoms with Gasteiger partial charge in [0, 0.05) is 31.4 Å². The maximum Gasteiger partial charge on any atom is 0.246 e. The SMILES string of the molecule is CN=C(NCC(=O)N1CCc2ccccc21)NCc1ccc(C)cc1OC.I. The predicted molar refractivity (Wildman–Crippen MR) is 124 cm³/mol. The van der Waals surface area contributed by atoms with Gasteiger partial charge in [0.15, 0.2) is 5.96 Å². The van der Waals surface area contributed by atoms with Gasteiger partial charge in [0.2, 0.25) is 5.91 Å². The molecule has 0 unspecified atom stereocenters. The number of rotatable bonds is 5. The molecule has 150 valence electrons. The van der Waals surface area contributed by atoms with Crippen molar-refractivity contribution in [3.05, 3.63) is 59.2 Å². The third kappa shape index (κ3) is 5.15. The Balaban J connectivity index is 0.00000280. The number of para-hydroxylation sites is 1. The average molecular weight is 494 g/mol. The van der Waals surface area contributed by atoms with E-state index in [1.54, 1.807) is 14.2 Å². The summed E-state index contributed by atoms with van der Waals surface area (Å²) in [6.45, 7) is 3.51. The van der Waals surface area contributed by atoms with Crippen LogP contribution in [0.15, 0.2) is 47.5 Å². The summed E-state index contributed by atoms with van der Waals surface area (Å²) < 4.78 is 5.43. The van der Waals surface area contributed by atoms with E-state index in [1.807, 2.05) is 48.2 Å². The van der Waals surface area contributed by atoms with E-state index >= 15 is 0 Å². The number of ether oxygens (including phenoxy) is 1. The number of hydrogen-bond acceptors (Lipinski definition) is 3. The molecule has 6 nitrogen and oxygen atoms in total. The van der Waals surface area contributed by atoms with E-state index in [4.69, 9.17) is 4.74 Å². The lowest BCUT2D eigenvalue weighted by atomic mass is 10.1. The Kier molecular flexibility index (Phi) is 8.10. The van der Waals surface area contributed by atoms with Gasteiger partial charge in [-0.25, -0.2) is 0 Å². The maximum absolute atomic E-state index is 12.6. The van der Waals surface area contributed by atoms with Gasteiger partial charge < -0.3 is 20.3 Å². The Hall–Kier alpha value is -2.29. The molecular formula is C21H27IN4O2. The van der Waals surface area contributed by atoms with Gasteiger partial charge in [-0.15, -0.1) is 24.0 Å². The number of amides is 1. The lowest BCUT2D eigenvalue weighted by molar-refractivity contribution is -0.117. The number of aryl methyl sites for hydroxylation is 1. The maximum atomic E-state index is 12.6. The van der Waals surface area contributed by atoms with Crippen LogP contribution in [0.25, 0.3) is 0 Å². The van der Waals surface area contributed by atoms with Gasteiger partial charge in [-0.3, -0.25) is 9.79 Å². The van der Waals surface area contributed by atoms with Crippen molar-refractivity contribution in [1.82, 2.24) is 10.6 Å². The number of anilines is 1. The molecule has 2 aromatic carbocycles. The summed E-state index contributed by atoms with van der Waals surface area (Å²) in [5.41, 5.74) is 4.41. The molecule has 0 aliphatic carbocycles. The van der Waals surface area contributed by atoms with Crippen LogP contribution < -0.4 is 20.3 Å². The summed E-state index contributed by atoms with van der Waals surface area (Å²) >= 11 is 0. The van der Waals surface area contributed by atoms with E-state index in [0.717, 1.165) is 35.5 Å². The van der Waals surface area contributed by atoms with Crippen molar-refractivity contribution in [3.63, 3.8) is 0 Å². The zero-order chi connectivity index (χ0) is 19.2. The molecule has 1 heterocycles. The van der Waals surface area contributed by atoms with Crippen LogP contribution in [0.2, 0.25) is 0 Å². The van der Waals surface area contributed by atoms with Gasteiger partial charge in [0.25, 0.3) is 0 Å². The number of aliphatic imine (C=N–C) groups is 1. The number of halogens is 1. The minimum Gasteiger partial charge on any atom is -0.496 e. The van der Waals surface area contributed by atoms with Gasteiger partial charge in [-0.05, 0) is 36.6 Å². The van der Waals surface area contributed by atoms with Gasteiger partial charge in [0.05, 0.1) is 13.7 Å². The van der Waals surface area contributed by atoms with Gasteiger partial charge in [-0.1, -0.05) is 30.3 Å². The first-order chi connectivity index (χ1) is 13.1. The summed E-state index contributed by atoms with van der Waals surface area (Å²) in [6, 6.07) is 14.1. The van der Waals surface area contributed by atoms with Gasteiger partial charge >= 0.3 is 0 Å². The molecule has 1 aliphatic heterocycles. The Morgan fingerprint density at radius 3 is 2.75 bits per heavy atom. The van der Waals surface area contributed by atoms with Crippen LogP contribution in [0.1, 0.15) is 16.7 Å². The zero-order valence-electron chi connectivity index (χ0n) is 16.5. The number of carbonyl (C=O) groups is 1. The Morgan fingerprint density at radius 1 is 1.21 bits per heavy atom. The van der Waals surface area contributed by atoms with Gasteiger partial charge in [-0.2, -0.15) is 0 Å². The molecule has 0 saturated carbocycles. The minimum atomic E-state index is 0. The van der Waals surface area contributed by atoms with Crippen molar-refractivity contribution in [2.45, 2.75) is 19.9 Å². The summed E-state index contributed by atoms with van der Waals surface area (Å²) in [5.74, 6) is 1.46. The predicted octanol–water partition coefficient (Wildman–Crippen LogP) is 2.88. The molecule has 28 heavy (non-hydrogen) atoms. The van der Waals surface area contributed by atoms with Crippen molar-refractivity contribution in [2.75, 3.05) is 32.1 Å². The fraction of sp³-hybridized carbons (Fsp3) is 0.333. The molecule has 0 radical (unpaired) electrons. The lowest BCUT2D eigenvalue weighted by Crippen LogP contribution is -2.44. The Morgan fingerprint density at radius 2 is 2.00 bits per heavy atom. The third-order valence-corrected chi connectivity index (χ3v) is 4.71. The fourth-order valence-electron chi connectivity index (χ4n) is 3.25. The van der Waals surface area contributed by atoms with Crippen LogP contribution in [-0.2, 0) is 17.8 Å². The molecule has 2 N–H and O–H groups in total. The highest BCUT2D eigenvalue weighted by Gasteiger charge is 2.23. The Labute approximate surface area is 183 Å². The first-order valence-corrected chi connectivity index (χ1v) is 9.08. The van der Waals surface area contributed by atoms with E-state index in [1.165, 1.54) is 5.56 Å². The standard InChI is InChI=1S/C21H26N4O2.HI/c1-15-8-9-17(19(12-15)27-3)13-23-21(22-2)24-14-20(26)25-11-10-16-6-4-5-7-18(16)25;/h4-9,12H,10-11,13-14H2,1-3H3,(H2,22,23,24);1H. The molecule has 0 spiro atoms. The molecule has 7 heteroatoms. The number of nitrogens with zero attached hydrogens (tertiary/aromatic N) is 2. The van der Waals surface area contributed by atoms with Crippen LogP contribution in [0.5, 0.6) is 5.75 Å². The topological polar surface area (TPSA) is 66.0 Å². The highest BCUT2D eigenvalue weighted by atomic mass is 127. The van der Waals surface area contributed by atoms with Crippen LogP contribution in [0.4, 0.5) is 5.69 Å². The molecular weight excluding hydrogens is 467 g/mol. The van der Waals surface area contributed by atoms with Crippen molar-refractivity contribution in [3.8, 4) is 5.75 Å². The molecule has 2 aromatic rings. The summed E-state index contributed by atoms with van der Waals surface area (Å²) in [5, 5.41) is 6.34. The second-order valence-electron chi connectivity index (χ2n) is 6.52. The van der Waals surface area contributed by atoms with E-state index < -0.39 is 0 Å². The molecule has 0 saturated heterocycles. The number of nitrogens with one attached hydrogen (secondary N) is 2. The van der Waals surface area contributed by atoms with Crippen LogP contribution in [-0.4, -0.2) is 39.1 Å². The lowest BCUT2D eigenvalue weighted by Gasteiger charge is -2.19. The number of carbonyl (C=O) groups excluding carboxylic acids is 1. The average Bonchev–Trinajstić information content (AvgIpc) is 3.13. The van der Waals surface area contributed by atoms with Crippen molar-refractivity contribution >= 4 is 41.5 Å². The highest BCUT2D eigenvalue weighted by molar-refractivity contribution is 14.0. The van der Waals surface area contributed by atoms with Crippen molar-refractivity contribution in [1.29, 1.82) is 0 Å². The molecule has 0 bridgehead atoms. The van der Waals surface area contributed by atoms with Gasteiger partial charge in [0.1, 0.15) is 5.75 Å². The second kappa shape index (κ2) is 10.3. The number of hydrogen-bond donors (Lipinski definition) is 2. The summed E-state index contributed by atoms with van der Waals surface area (Å²) in [7, 11) is 3.36. The van der Waals surface area contributed by atoms with Crippen LogP contribution in [0.3, 0.4) is 0 Å². The number of fused-ring (bicyclic) bond motifs is 1. The third-order valence-electron chi connectivity index (χ3n) is 4.71. The first kappa shape index (κ1) is 22.0. The minimum absolute atomic E-state index is 0. The van der Waals surface area contributed by atoms with Crippen molar-refractivity contribution in [2.24, 2.45) is 4.99 Å². The van der Waals surface area contributed by atoms with Crippen LogP contribution >= 0.6 is 24.0 Å². The van der Waals surface area contributed by atoms with E-state index in [2.05, 4.69) is 21.7 Å². The molecule has 0 aromatic heterocycles. The molecule has 0 fully saturated rings. The molecule has 0 atom stereocenters. The molecule has 3 rings (SSSR count). The fourth-order valence-corrected chi connectivity index (χ4v) is 3.25. The quantitative estimate of drug-likeness (QED) is 0.381. The second-order valence-corrected chi connectivity index (χ2v) is 6.52. The first-order valence-electron chi connectivity index (χ1n) is 9.08. The summed E-state index contributed by atoms with van der Waals surface area (Å²) in [4.78, 5) is 18.6. The van der Waals surface area contributed by atoms with E-state index in [0.29, 0.717) is 12.5 Å². The normalized spacial score (nSPS) is 12.8. The van der Waals surface area contributed by atoms with Crippen LogP contribution in [0, 0.1) is 6.92 Å². The number of benzene rings is 2. The van der Waals surface area contributed by atoms with Crippen molar-refractivity contribution < 1.29 is 9.53 Å². The largest absolute Gasteiger partial charge is 0.496 e.